The molecule has 112 valence electrons. The van der Waals surface area contributed by atoms with Crippen LogP contribution < -0.4 is 10.9 Å². The van der Waals surface area contributed by atoms with Gasteiger partial charge < -0.3 is 0 Å². The highest BCUT2D eigenvalue weighted by atomic mass is 14.0. The van der Waals surface area contributed by atoms with Gasteiger partial charge in [-0.3, -0.25) is 0 Å². The first-order valence-electron chi connectivity index (χ1n) is 7.96. The van der Waals surface area contributed by atoms with Crippen LogP contribution in [0.25, 0.3) is 0 Å². The van der Waals surface area contributed by atoms with E-state index in [0.29, 0.717) is 0 Å². The van der Waals surface area contributed by atoms with Gasteiger partial charge in [-0.2, -0.15) is 0 Å². The fourth-order valence-electron chi connectivity index (χ4n) is 2.30. The van der Waals surface area contributed by atoms with Gasteiger partial charge in [-0.15, -0.1) is 0 Å². The molecule has 3 aromatic rings. The van der Waals surface area contributed by atoms with Gasteiger partial charge in [0, 0.05) is 22.3 Å². The Balaban J connectivity index is 1.80. The maximum absolute atomic E-state index is 5.69. The molecule has 0 amide bonds. The van der Waals surface area contributed by atoms with Crippen LogP contribution in [0.15, 0.2) is 66.7 Å². The summed E-state index contributed by atoms with van der Waals surface area (Å²) >= 11 is 0. The minimum absolute atomic E-state index is 0.741. The van der Waals surface area contributed by atoms with Crippen LogP contribution in [0.5, 0.6) is 0 Å². The fraction of sp³-hybridized carbons (Fsp3) is 0.0435. The van der Waals surface area contributed by atoms with Crippen molar-refractivity contribution in [3.05, 3.63) is 94.5 Å². The third kappa shape index (κ3) is 4.69. The topological polar surface area (TPSA) is 0 Å². The van der Waals surface area contributed by atoms with Crippen molar-refractivity contribution in [3.8, 4) is 23.7 Å². The normalized spacial score (nSPS) is 9.48. The maximum Gasteiger partial charge on any atom is 0.113 e. The van der Waals surface area contributed by atoms with E-state index >= 15 is 0 Å². The van der Waals surface area contributed by atoms with Crippen LogP contribution in [0.3, 0.4) is 0 Å². The maximum atomic E-state index is 5.69. The molecule has 0 aromatic heterocycles. The lowest BCUT2D eigenvalue weighted by atomic mass is 9.95. The first-order valence-corrected chi connectivity index (χ1v) is 7.96. The van der Waals surface area contributed by atoms with E-state index in [-0.39, 0.29) is 0 Å². The van der Waals surface area contributed by atoms with Crippen molar-refractivity contribution < 1.29 is 0 Å². The second-order valence-electron chi connectivity index (χ2n) is 5.77. The van der Waals surface area contributed by atoms with Crippen molar-refractivity contribution in [2.45, 2.75) is 6.92 Å². The molecular formula is C23H14B2. The van der Waals surface area contributed by atoms with Crippen LogP contribution in [-0.4, -0.2) is 15.7 Å². The monoisotopic (exact) mass is 312 g/mol. The number of rotatable bonds is 0. The van der Waals surface area contributed by atoms with Crippen LogP contribution in [0.1, 0.15) is 27.8 Å². The molecule has 0 atom stereocenters. The summed E-state index contributed by atoms with van der Waals surface area (Å²) in [6.45, 7) is 2.04. The third-order valence-corrected chi connectivity index (χ3v) is 3.74. The lowest BCUT2D eigenvalue weighted by Crippen LogP contribution is -1.99. The molecule has 0 spiro atoms. The van der Waals surface area contributed by atoms with Gasteiger partial charge >= 0.3 is 0 Å². The molecule has 25 heavy (non-hydrogen) atoms. The predicted molar refractivity (Wildman–Crippen MR) is 107 cm³/mol. The van der Waals surface area contributed by atoms with E-state index in [1.165, 1.54) is 0 Å². The quantitative estimate of drug-likeness (QED) is 0.442. The summed E-state index contributed by atoms with van der Waals surface area (Å²) in [4.78, 5) is 0. The van der Waals surface area contributed by atoms with Crippen LogP contribution in [-0.2, 0) is 0 Å². The van der Waals surface area contributed by atoms with E-state index in [2.05, 4.69) is 29.7 Å². The predicted octanol–water partition coefficient (Wildman–Crippen LogP) is 2.38. The Kier molecular flexibility index (Phi) is 5.13. The molecule has 0 aliphatic rings. The molecule has 0 N–H and O–H groups in total. The van der Waals surface area contributed by atoms with Gasteiger partial charge in [-0.25, -0.2) is 0 Å². The molecule has 0 nitrogen and oxygen atoms in total. The molecule has 0 bridgehead atoms. The average Bonchev–Trinajstić information content (AvgIpc) is 2.62. The zero-order valence-electron chi connectivity index (χ0n) is 14.0. The Morgan fingerprint density at radius 1 is 0.560 bits per heavy atom. The molecule has 0 fully saturated rings. The van der Waals surface area contributed by atoms with Gasteiger partial charge in [-0.05, 0) is 55.0 Å². The number of hydrogen-bond donors (Lipinski definition) is 0. The van der Waals surface area contributed by atoms with E-state index in [1.54, 1.807) is 0 Å². The summed E-state index contributed by atoms with van der Waals surface area (Å²) in [5, 5.41) is 0. The highest BCUT2D eigenvalue weighted by molar-refractivity contribution is 6.32. The molecule has 4 radical (unpaired) electrons. The molecule has 0 saturated heterocycles. The molecule has 3 aromatic carbocycles. The first-order chi connectivity index (χ1) is 12.1. The number of benzene rings is 3. The van der Waals surface area contributed by atoms with Gasteiger partial charge in [0.25, 0.3) is 0 Å². The second kappa shape index (κ2) is 7.65. The highest BCUT2D eigenvalue weighted by Crippen LogP contribution is 2.10. The van der Waals surface area contributed by atoms with Gasteiger partial charge in [0.2, 0.25) is 0 Å². The Hall–Kier alpha value is -3.09. The number of hydrogen-bond acceptors (Lipinski definition) is 0. The summed E-state index contributed by atoms with van der Waals surface area (Å²) in [6, 6.07) is 21.1. The first kappa shape index (κ1) is 16.8. The fourth-order valence-corrected chi connectivity index (χ4v) is 2.30. The van der Waals surface area contributed by atoms with Crippen molar-refractivity contribution in [2.24, 2.45) is 0 Å². The van der Waals surface area contributed by atoms with Crippen molar-refractivity contribution in [1.82, 2.24) is 0 Å². The molecule has 3 rings (SSSR count). The standard InChI is InChI=1S/C23H14B2/c1-17-16-20(3-2-18-6-12-22(24)13-7-18)5-11-21(17)10-4-19-8-14-23(25)15-9-19/h5-9,11-16H,1H3. The smallest absolute Gasteiger partial charge is 0.0966 e. The molecular weight excluding hydrogens is 298 g/mol. The van der Waals surface area contributed by atoms with Crippen molar-refractivity contribution in [2.75, 3.05) is 0 Å². The molecule has 2 heteroatoms. The molecule has 0 aliphatic heterocycles. The van der Waals surface area contributed by atoms with E-state index in [9.17, 15) is 0 Å². The summed E-state index contributed by atoms with van der Waals surface area (Å²) < 4.78 is 0. The lowest BCUT2D eigenvalue weighted by Gasteiger charge is -1.99. The average molecular weight is 312 g/mol. The Morgan fingerprint density at radius 2 is 1.00 bits per heavy atom. The largest absolute Gasteiger partial charge is 0.113 e. The summed E-state index contributed by atoms with van der Waals surface area (Å²) in [6.07, 6.45) is 0. The SMILES string of the molecule is [B]c1ccc(C#Cc2ccc(C#Cc3ccc([B])cc3)c(C)c2)cc1. The Bertz CT molecular complexity index is 1010. The van der Waals surface area contributed by atoms with Crippen molar-refractivity contribution >= 4 is 26.6 Å². The van der Waals surface area contributed by atoms with E-state index in [1.807, 2.05) is 67.6 Å². The van der Waals surface area contributed by atoms with Gasteiger partial charge in [-0.1, -0.05) is 58.9 Å². The molecule has 0 unspecified atom stereocenters. The third-order valence-electron chi connectivity index (χ3n) is 3.74. The Labute approximate surface area is 152 Å². The van der Waals surface area contributed by atoms with Gasteiger partial charge in [0.1, 0.15) is 15.7 Å². The van der Waals surface area contributed by atoms with Crippen LogP contribution in [0.2, 0.25) is 0 Å². The minimum atomic E-state index is 0.741. The van der Waals surface area contributed by atoms with E-state index < -0.39 is 0 Å². The van der Waals surface area contributed by atoms with Crippen LogP contribution in [0.4, 0.5) is 0 Å². The van der Waals surface area contributed by atoms with Crippen molar-refractivity contribution in [1.29, 1.82) is 0 Å². The van der Waals surface area contributed by atoms with E-state index in [4.69, 9.17) is 15.7 Å². The lowest BCUT2D eigenvalue weighted by molar-refractivity contribution is 1.42. The Morgan fingerprint density at radius 3 is 1.52 bits per heavy atom. The van der Waals surface area contributed by atoms with E-state index in [0.717, 1.165) is 38.7 Å². The van der Waals surface area contributed by atoms with Crippen LogP contribution >= 0.6 is 0 Å². The zero-order valence-corrected chi connectivity index (χ0v) is 14.0. The summed E-state index contributed by atoms with van der Waals surface area (Å²) in [7, 11) is 11.4. The summed E-state index contributed by atoms with van der Waals surface area (Å²) in [5.41, 5.74) is 6.44. The minimum Gasteiger partial charge on any atom is -0.0966 e. The van der Waals surface area contributed by atoms with Gasteiger partial charge in [0.15, 0.2) is 0 Å². The second-order valence-corrected chi connectivity index (χ2v) is 5.77. The number of aryl methyl sites for hydroxylation is 1. The molecule has 0 heterocycles. The molecule has 0 aliphatic carbocycles. The van der Waals surface area contributed by atoms with Crippen molar-refractivity contribution in [3.63, 3.8) is 0 Å². The molecule has 0 saturated carbocycles. The highest BCUT2D eigenvalue weighted by Gasteiger charge is 1.96. The zero-order chi connectivity index (χ0) is 17.6. The van der Waals surface area contributed by atoms with Gasteiger partial charge in [0.05, 0.1) is 0 Å². The van der Waals surface area contributed by atoms with Crippen LogP contribution in [0, 0.1) is 30.6 Å². The summed E-state index contributed by atoms with van der Waals surface area (Å²) in [5.74, 6) is 12.7.